The second kappa shape index (κ2) is 6.72. The Morgan fingerprint density at radius 3 is 2.85 bits per heavy atom. The van der Waals surface area contributed by atoms with E-state index in [2.05, 4.69) is 18.3 Å². The summed E-state index contributed by atoms with van der Waals surface area (Å²) in [6.07, 6.45) is 4.48. The zero-order valence-corrected chi connectivity index (χ0v) is 16.0. The van der Waals surface area contributed by atoms with E-state index >= 15 is 0 Å². The first-order valence-electron chi connectivity index (χ1n) is 9.14. The van der Waals surface area contributed by atoms with E-state index < -0.39 is 0 Å². The average molecular weight is 366 g/mol. The van der Waals surface area contributed by atoms with Crippen molar-refractivity contribution >= 4 is 38.8 Å². The fraction of sp³-hybridized carbons (Fsp3) is 0.333. The molecule has 2 aromatic heterocycles. The summed E-state index contributed by atoms with van der Waals surface area (Å²) in [5.41, 5.74) is 11.3. The molecule has 134 valence electrons. The molecule has 1 amide bonds. The minimum absolute atomic E-state index is 0.168. The van der Waals surface area contributed by atoms with Gasteiger partial charge in [-0.05, 0) is 55.9 Å². The van der Waals surface area contributed by atoms with Crippen molar-refractivity contribution in [3.63, 3.8) is 0 Å². The van der Waals surface area contributed by atoms with Crippen molar-refractivity contribution in [3.8, 4) is 0 Å². The summed E-state index contributed by atoms with van der Waals surface area (Å²) in [6.45, 7) is 4.26. The summed E-state index contributed by atoms with van der Waals surface area (Å²) in [7, 11) is 0. The summed E-state index contributed by atoms with van der Waals surface area (Å²) in [6, 6.07) is 9.92. The first kappa shape index (κ1) is 17.0. The monoisotopic (exact) mass is 365 g/mol. The van der Waals surface area contributed by atoms with Crippen LogP contribution in [0.4, 0.5) is 11.4 Å². The molecular weight excluding hydrogens is 342 g/mol. The van der Waals surface area contributed by atoms with E-state index in [4.69, 9.17) is 10.7 Å². The third kappa shape index (κ3) is 3.07. The molecule has 1 aromatic carbocycles. The number of aryl methyl sites for hydroxylation is 2. The number of nitrogens with zero attached hydrogens (tertiary/aromatic N) is 1. The van der Waals surface area contributed by atoms with Crippen molar-refractivity contribution in [1.82, 2.24) is 4.98 Å². The van der Waals surface area contributed by atoms with Crippen LogP contribution in [0.1, 0.15) is 46.3 Å². The molecule has 0 radical (unpaired) electrons. The zero-order chi connectivity index (χ0) is 18.3. The van der Waals surface area contributed by atoms with Gasteiger partial charge in [0, 0.05) is 16.8 Å². The van der Waals surface area contributed by atoms with Gasteiger partial charge < -0.3 is 11.1 Å². The van der Waals surface area contributed by atoms with Gasteiger partial charge in [0.2, 0.25) is 0 Å². The molecule has 1 atom stereocenters. The van der Waals surface area contributed by atoms with Crippen LogP contribution in [-0.4, -0.2) is 10.9 Å². The summed E-state index contributed by atoms with van der Waals surface area (Å²) in [5, 5.41) is 3.85. The first-order valence-corrected chi connectivity index (χ1v) is 9.95. The van der Waals surface area contributed by atoms with Crippen LogP contribution in [0.2, 0.25) is 0 Å². The highest BCUT2D eigenvalue weighted by Crippen LogP contribution is 2.37. The first-order chi connectivity index (χ1) is 12.5. The van der Waals surface area contributed by atoms with E-state index in [0.717, 1.165) is 40.2 Å². The quantitative estimate of drug-likeness (QED) is 0.690. The molecule has 0 spiro atoms. The zero-order valence-electron chi connectivity index (χ0n) is 15.1. The van der Waals surface area contributed by atoms with Crippen molar-refractivity contribution in [2.75, 3.05) is 11.1 Å². The molecule has 0 unspecified atom stereocenters. The van der Waals surface area contributed by atoms with Crippen molar-refractivity contribution < 1.29 is 4.79 Å². The predicted molar refractivity (Wildman–Crippen MR) is 109 cm³/mol. The Labute approximate surface area is 157 Å². The maximum Gasteiger partial charge on any atom is 0.267 e. The van der Waals surface area contributed by atoms with Crippen molar-refractivity contribution in [3.05, 3.63) is 52.0 Å². The SMILES string of the molecule is CC[C@H]1CCc2nc3sc(C(=O)Nc4ccc(C)cc4)c(N)c3cc2C1. The molecule has 4 rings (SSSR count). The fourth-order valence-electron chi connectivity index (χ4n) is 3.61. The highest BCUT2D eigenvalue weighted by atomic mass is 32.1. The van der Waals surface area contributed by atoms with E-state index in [1.54, 1.807) is 0 Å². The molecule has 5 heteroatoms. The maximum atomic E-state index is 12.7. The molecule has 2 heterocycles. The molecule has 0 bridgehead atoms. The molecule has 1 aliphatic carbocycles. The van der Waals surface area contributed by atoms with Gasteiger partial charge in [0.05, 0.1) is 5.69 Å². The molecule has 26 heavy (non-hydrogen) atoms. The highest BCUT2D eigenvalue weighted by molar-refractivity contribution is 7.21. The van der Waals surface area contributed by atoms with Crippen LogP contribution in [0.15, 0.2) is 30.3 Å². The van der Waals surface area contributed by atoms with Crippen molar-refractivity contribution in [2.24, 2.45) is 5.92 Å². The summed E-state index contributed by atoms with van der Waals surface area (Å²) in [5.74, 6) is 0.560. The number of rotatable bonds is 3. The number of pyridine rings is 1. The number of carbonyl (C=O) groups is 1. The van der Waals surface area contributed by atoms with Crippen molar-refractivity contribution in [2.45, 2.75) is 39.5 Å². The molecule has 0 saturated carbocycles. The second-order valence-electron chi connectivity index (χ2n) is 7.13. The van der Waals surface area contributed by atoms with Crippen molar-refractivity contribution in [1.29, 1.82) is 0 Å². The van der Waals surface area contributed by atoms with E-state index in [9.17, 15) is 4.79 Å². The topological polar surface area (TPSA) is 68.0 Å². The number of fused-ring (bicyclic) bond motifs is 2. The number of thiophene rings is 1. The molecule has 0 saturated heterocycles. The predicted octanol–water partition coefficient (Wildman–Crippen LogP) is 4.95. The summed E-state index contributed by atoms with van der Waals surface area (Å²) in [4.78, 5) is 18.9. The number of hydrogen-bond acceptors (Lipinski definition) is 4. The Kier molecular flexibility index (Phi) is 4.41. The molecule has 4 nitrogen and oxygen atoms in total. The number of anilines is 2. The second-order valence-corrected chi connectivity index (χ2v) is 8.13. The molecule has 3 aromatic rings. The molecule has 3 N–H and O–H groups in total. The van der Waals surface area contributed by atoms with Gasteiger partial charge >= 0.3 is 0 Å². The molecule has 0 fully saturated rings. The number of benzene rings is 1. The lowest BCUT2D eigenvalue weighted by Crippen LogP contribution is -2.14. The number of aromatic nitrogens is 1. The van der Waals surface area contributed by atoms with E-state index in [1.165, 1.54) is 35.4 Å². The lowest BCUT2D eigenvalue weighted by atomic mass is 9.85. The number of nitrogens with one attached hydrogen (secondary N) is 1. The number of amides is 1. The van der Waals surface area contributed by atoms with Gasteiger partial charge in [0.25, 0.3) is 5.91 Å². The highest BCUT2D eigenvalue weighted by Gasteiger charge is 2.23. The van der Waals surface area contributed by atoms with Crippen LogP contribution in [0.5, 0.6) is 0 Å². The number of hydrogen-bond donors (Lipinski definition) is 2. The number of carbonyl (C=O) groups excluding carboxylic acids is 1. The summed E-state index contributed by atoms with van der Waals surface area (Å²) >= 11 is 1.39. The lowest BCUT2D eigenvalue weighted by Gasteiger charge is -2.22. The Bertz CT molecular complexity index is 975. The Morgan fingerprint density at radius 2 is 2.12 bits per heavy atom. The number of nitrogen functional groups attached to an aromatic ring is 1. The van der Waals surface area contributed by atoms with E-state index in [0.29, 0.717) is 10.6 Å². The third-order valence-corrected chi connectivity index (χ3v) is 6.39. The number of nitrogens with two attached hydrogens (primary N) is 1. The standard InChI is InChI=1S/C21H23N3OS/c1-3-13-6-9-17-14(10-13)11-16-18(22)19(26-21(16)24-17)20(25)23-15-7-4-12(2)5-8-15/h4-5,7-8,11,13H,3,6,9-10,22H2,1-2H3,(H,23,25)/t13-/m0/s1. The van der Waals surface area contributed by atoms with Gasteiger partial charge in [0.1, 0.15) is 9.71 Å². The van der Waals surface area contributed by atoms with Gasteiger partial charge in [0.15, 0.2) is 0 Å². The van der Waals surface area contributed by atoms with E-state index in [-0.39, 0.29) is 5.91 Å². The molecule has 1 aliphatic rings. The molecule has 0 aliphatic heterocycles. The smallest absolute Gasteiger partial charge is 0.267 e. The van der Waals surface area contributed by atoms with Crippen LogP contribution in [0, 0.1) is 12.8 Å². The summed E-state index contributed by atoms with van der Waals surface area (Å²) < 4.78 is 0. The van der Waals surface area contributed by atoms with Gasteiger partial charge in [-0.15, -0.1) is 11.3 Å². The normalized spacial score (nSPS) is 16.5. The maximum absolute atomic E-state index is 12.7. The van der Waals surface area contributed by atoms with Gasteiger partial charge in [-0.1, -0.05) is 31.0 Å². The van der Waals surface area contributed by atoms with E-state index in [1.807, 2.05) is 31.2 Å². The third-order valence-electron chi connectivity index (χ3n) is 5.28. The Morgan fingerprint density at radius 1 is 1.35 bits per heavy atom. The minimum Gasteiger partial charge on any atom is -0.397 e. The lowest BCUT2D eigenvalue weighted by molar-refractivity contribution is 0.103. The Hall–Kier alpha value is -2.40. The van der Waals surface area contributed by atoms with Gasteiger partial charge in [-0.3, -0.25) is 4.79 Å². The van der Waals surface area contributed by atoms with Crippen LogP contribution < -0.4 is 11.1 Å². The Balaban J connectivity index is 1.67. The molecular formula is C21H23N3OS. The van der Waals surface area contributed by atoms with Crippen LogP contribution in [-0.2, 0) is 12.8 Å². The van der Waals surface area contributed by atoms with Gasteiger partial charge in [-0.25, -0.2) is 4.98 Å². The van der Waals surface area contributed by atoms with Crippen LogP contribution in [0.25, 0.3) is 10.2 Å². The average Bonchev–Trinajstić information content (AvgIpc) is 2.97. The largest absolute Gasteiger partial charge is 0.397 e. The van der Waals surface area contributed by atoms with Crippen LogP contribution >= 0.6 is 11.3 Å². The minimum atomic E-state index is -0.168. The van der Waals surface area contributed by atoms with Gasteiger partial charge in [-0.2, -0.15) is 0 Å². The van der Waals surface area contributed by atoms with Crippen LogP contribution in [0.3, 0.4) is 0 Å². The fourth-order valence-corrected chi connectivity index (χ4v) is 4.60.